The second-order valence-electron chi connectivity index (χ2n) is 9.47. The van der Waals surface area contributed by atoms with Gasteiger partial charge in [0.25, 0.3) is 0 Å². The van der Waals surface area contributed by atoms with Crippen LogP contribution in [0.1, 0.15) is 56.6 Å². The molecule has 0 aliphatic heterocycles. The van der Waals surface area contributed by atoms with Crippen LogP contribution in [0.15, 0.2) is 59.9 Å². The molecule has 1 heterocycles. The number of rotatable bonds is 14. The Bertz CT molecular complexity index is 1280. The summed E-state index contributed by atoms with van der Waals surface area (Å²) in [5.41, 5.74) is 2.19. The first-order valence-electron chi connectivity index (χ1n) is 13.1. The molecule has 204 valence electrons. The molecule has 3 rings (SSSR count). The maximum atomic E-state index is 12.7. The van der Waals surface area contributed by atoms with Crippen LogP contribution in [0.2, 0.25) is 0 Å². The van der Waals surface area contributed by atoms with Crippen LogP contribution in [0, 0.1) is 0 Å². The number of amides is 2. The smallest absolute Gasteiger partial charge is 0.407 e. The minimum absolute atomic E-state index is 0.0212. The molecule has 0 aliphatic rings. The molecule has 0 fully saturated rings. The molecule has 2 amide bonds. The summed E-state index contributed by atoms with van der Waals surface area (Å²) in [6.07, 6.45) is 4.29. The third-order valence-electron chi connectivity index (χ3n) is 6.82. The lowest BCUT2D eigenvalue weighted by Gasteiger charge is -2.33. The van der Waals surface area contributed by atoms with Gasteiger partial charge < -0.3 is 25.0 Å². The Morgan fingerprint density at radius 1 is 1.08 bits per heavy atom. The number of aromatic amines is 1. The van der Waals surface area contributed by atoms with Crippen LogP contribution in [-0.4, -0.2) is 62.7 Å². The summed E-state index contributed by atoms with van der Waals surface area (Å²) < 4.78 is 0.621. The van der Waals surface area contributed by atoms with E-state index in [2.05, 4.69) is 25.4 Å². The van der Waals surface area contributed by atoms with Gasteiger partial charge in [-0.1, -0.05) is 81.0 Å². The zero-order chi connectivity index (χ0) is 27.7. The van der Waals surface area contributed by atoms with Crippen LogP contribution in [0.3, 0.4) is 0 Å². The summed E-state index contributed by atoms with van der Waals surface area (Å²) in [5, 5.41) is 20.5. The molecule has 38 heavy (non-hydrogen) atoms. The molecule has 0 aliphatic carbocycles. The lowest BCUT2D eigenvalue weighted by Crippen LogP contribution is -2.46. The van der Waals surface area contributed by atoms with E-state index in [0.29, 0.717) is 16.6 Å². The van der Waals surface area contributed by atoms with Gasteiger partial charge in [0.1, 0.15) is 11.3 Å². The number of thiazole rings is 1. The quantitative estimate of drug-likeness (QED) is 0.231. The molecule has 1 unspecified atom stereocenters. The van der Waals surface area contributed by atoms with Crippen molar-refractivity contribution < 1.29 is 19.8 Å². The number of nitrogens with one attached hydrogen (secondary N) is 1. The van der Waals surface area contributed by atoms with E-state index >= 15 is 0 Å². The number of hydrogen-bond donors (Lipinski definition) is 3. The van der Waals surface area contributed by atoms with E-state index in [4.69, 9.17) is 0 Å². The molecule has 2 aromatic carbocycles. The number of aromatic hydroxyl groups is 1. The predicted octanol–water partition coefficient (Wildman–Crippen LogP) is 5.58. The Morgan fingerprint density at radius 2 is 1.76 bits per heavy atom. The highest BCUT2D eigenvalue weighted by molar-refractivity contribution is 7.16. The summed E-state index contributed by atoms with van der Waals surface area (Å²) >= 11 is 1.01. The van der Waals surface area contributed by atoms with Crippen molar-refractivity contribution in [1.29, 1.82) is 0 Å². The monoisotopic (exact) mass is 539 g/mol. The van der Waals surface area contributed by atoms with Gasteiger partial charge in [0.2, 0.25) is 5.91 Å². The fraction of sp³-hybridized carbons (Fsp3) is 0.414. The minimum Gasteiger partial charge on any atom is -0.506 e. The van der Waals surface area contributed by atoms with Crippen molar-refractivity contribution >= 4 is 33.6 Å². The fourth-order valence-corrected chi connectivity index (χ4v) is 5.95. The van der Waals surface area contributed by atoms with E-state index < -0.39 is 6.09 Å². The second-order valence-corrected chi connectivity index (χ2v) is 10.5. The van der Waals surface area contributed by atoms with Gasteiger partial charge in [-0.3, -0.25) is 9.59 Å². The van der Waals surface area contributed by atoms with Gasteiger partial charge in [-0.2, -0.15) is 0 Å². The van der Waals surface area contributed by atoms with Crippen LogP contribution in [-0.2, 0) is 11.2 Å². The lowest BCUT2D eigenvalue weighted by atomic mass is 9.91. The number of fused-ring (bicyclic) bond motifs is 1. The Morgan fingerprint density at radius 3 is 2.37 bits per heavy atom. The van der Waals surface area contributed by atoms with Crippen molar-refractivity contribution in [3.8, 4) is 5.75 Å². The molecule has 0 bridgehead atoms. The average molecular weight is 540 g/mol. The van der Waals surface area contributed by atoms with Gasteiger partial charge >= 0.3 is 11.0 Å². The molecule has 1 aromatic heterocycles. The highest BCUT2D eigenvalue weighted by Crippen LogP contribution is 2.34. The van der Waals surface area contributed by atoms with Crippen LogP contribution in [0.5, 0.6) is 5.75 Å². The Hall–Kier alpha value is -3.59. The van der Waals surface area contributed by atoms with Gasteiger partial charge in [-0.05, 0) is 42.5 Å². The SMILES string of the molecule is C=CC(=O)N(CCN(CC(Cc1ccccc1)c1ccc(O)c2[nH]c(=O)sc12)C(=O)O)C(CCC)CCC. The summed E-state index contributed by atoms with van der Waals surface area (Å²) in [7, 11) is 0. The lowest BCUT2D eigenvalue weighted by molar-refractivity contribution is -0.128. The largest absolute Gasteiger partial charge is 0.506 e. The van der Waals surface area contributed by atoms with Gasteiger partial charge in [0.05, 0.1) is 4.70 Å². The molecule has 3 N–H and O–H groups in total. The summed E-state index contributed by atoms with van der Waals surface area (Å²) in [6, 6.07) is 13.1. The van der Waals surface area contributed by atoms with E-state index in [0.717, 1.165) is 48.1 Å². The molecule has 8 nitrogen and oxygen atoms in total. The first-order chi connectivity index (χ1) is 18.3. The zero-order valence-corrected chi connectivity index (χ0v) is 22.9. The molecule has 0 radical (unpaired) electrons. The van der Waals surface area contributed by atoms with E-state index in [9.17, 15) is 24.6 Å². The number of hydrogen-bond acceptors (Lipinski definition) is 5. The number of carbonyl (C=O) groups is 2. The Labute approximate surface area is 227 Å². The summed E-state index contributed by atoms with van der Waals surface area (Å²) in [4.78, 5) is 42.8. The zero-order valence-electron chi connectivity index (χ0n) is 22.1. The first-order valence-corrected chi connectivity index (χ1v) is 13.9. The van der Waals surface area contributed by atoms with Crippen LogP contribution in [0.4, 0.5) is 4.79 Å². The van der Waals surface area contributed by atoms with Gasteiger partial charge in [0.15, 0.2) is 0 Å². The molecule has 1 atom stereocenters. The van der Waals surface area contributed by atoms with E-state index in [1.54, 1.807) is 11.0 Å². The maximum Gasteiger partial charge on any atom is 0.407 e. The first kappa shape index (κ1) is 29.0. The van der Waals surface area contributed by atoms with Crippen LogP contribution in [0.25, 0.3) is 10.2 Å². The molecule has 3 aromatic rings. The second kappa shape index (κ2) is 13.8. The van der Waals surface area contributed by atoms with Crippen molar-refractivity contribution in [1.82, 2.24) is 14.8 Å². The number of phenolic OH excluding ortho intramolecular Hbond substituents is 1. The number of carbonyl (C=O) groups excluding carboxylic acids is 1. The third kappa shape index (κ3) is 7.25. The van der Waals surface area contributed by atoms with Gasteiger partial charge in [-0.25, -0.2) is 4.79 Å². The number of benzene rings is 2. The molecule has 9 heteroatoms. The fourth-order valence-electron chi connectivity index (χ4n) is 5.00. The van der Waals surface area contributed by atoms with E-state index in [-0.39, 0.29) is 48.1 Å². The number of nitrogens with zero attached hydrogens (tertiary/aromatic N) is 2. The standard InChI is InChI=1S/C29H37N3O5S/c1-4-10-22(11-5-2)32(25(34)6-3)17-16-31(29(36)37)19-21(18-20-12-8-7-9-13-20)23-14-15-24(33)26-27(23)38-28(35)30-26/h6-9,12-15,21-22,33H,3-5,10-11,16-19H2,1-2H3,(H,30,35)(H,36,37). The predicted molar refractivity (Wildman–Crippen MR) is 152 cm³/mol. The number of aromatic nitrogens is 1. The van der Waals surface area contributed by atoms with Crippen LogP contribution >= 0.6 is 11.3 Å². The number of phenols is 1. The summed E-state index contributed by atoms with van der Waals surface area (Å²) in [6.45, 7) is 8.38. The van der Waals surface area contributed by atoms with E-state index in [1.165, 1.54) is 17.0 Å². The Kier molecular flexibility index (Phi) is 10.5. The number of H-pyrrole nitrogens is 1. The molecular formula is C29H37N3O5S. The van der Waals surface area contributed by atoms with Crippen molar-refractivity contribution in [2.24, 2.45) is 0 Å². The van der Waals surface area contributed by atoms with Crippen LogP contribution < -0.4 is 4.87 Å². The van der Waals surface area contributed by atoms with Crippen molar-refractivity contribution in [3.05, 3.63) is 75.9 Å². The highest BCUT2D eigenvalue weighted by atomic mass is 32.1. The normalized spacial score (nSPS) is 12.0. The summed E-state index contributed by atoms with van der Waals surface area (Å²) in [5.74, 6) is -0.499. The average Bonchev–Trinajstić information content (AvgIpc) is 3.30. The van der Waals surface area contributed by atoms with E-state index in [1.807, 2.05) is 30.3 Å². The van der Waals surface area contributed by atoms with Crippen molar-refractivity contribution in [2.75, 3.05) is 19.6 Å². The maximum absolute atomic E-state index is 12.7. The Balaban J connectivity index is 1.93. The topological polar surface area (TPSA) is 114 Å². The molecule has 0 saturated heterocycles. The van der Waals surface area contributed by atoms with Gasteiger partial charge in [-0.15, -0.1) is 0 Å². The number of carboxylic acid groups (broad SMARTS) is 1. The highest BCUT2D eigenvalue weighted by Gasteiger charge is 2.26. The molecule has 0 saturated carbocycles. The molecule has 0 spiro atoms. The third-order valence-corrected chi connectivity index (χ3v) is 7.75. The van der Waals surface area contributed by atoms with Gasteiger partial charge in [0, 0.05) is 31.6 Å². The minimum atomic E-state index is -1.08. The molecular weight excluding hydrogens is 502 g/mol. The van der Waals surface area contributed by atoms with Crippen molar-refractivity contribution in [2.45, 2.75) is 57.9 Å². The van der Waals surface area contributed by atoms with Crippen molar-refractivity contribution in [3.63, 3.8) is 0 Å².